The van der Waals surface area contributed by atoms with Crippen molar-refractivity contribution in [2.45, 2.75) is 26.7 Å². The minimum atomic E-state index is -0.281. The molecule has 0 radical (unpaired) electrons. The van der Waals surface area contributed by atoms with Crippen molar-refractivity contribution in [2.24, 2.45) is 7.05 Å². The Bertz CT molecular complexity index is 784. The third-order valence-electron chi connectivity index (χ3n) is 4.85. The molecular formula is C18H23FN4O. The van der Waals surface area contributed by atoms with Gasteiger partial charge in [-0.15, -0.1) is 0 Å². The molecule has 1 aliphatic rings. The molecule has 3 rings (SSSR count). The van der Waals surface area contributed by atoms with Gasteiger partial charge in [0, 0.05) is 39.3 Å². The fraction of sp³-hybridized carbons (Fsp3) is 0.444. The summed E-state index contributed by atoms with van der Waals surface area (Å²) in [6, 6.07) is 4.59. The number of amides is 1. The van der Waals surface area contributed by atoms with Crippen molar-refractivity contribution in [2.75, 3.05) is 29.9 Å². The lowest BCUT2D eigenvalue weighted by Gasteiger charge is -2.35. The molecule has 0 saturated carbocycles. The first kappa shape index (κ1) is 16.5. The van der Waals surface area contributed by atoms with Gasteiger partial charge in [-0.05, 0) is 44.0 Å². The lowest BCUT2D eigenvalue weighted by Crippen LogP contribution is -2.42. The standard InChI is InChI=1S/C18H23FN4O/c1-12-15(13(2)22(4)20-12)6-8-18(24)23-10-9-21(3)17-11-14(19)5-7-16(17)23/h5,7,11H,6,8-10H2,1-4H3. The van der Waals surface area contributed by atoms with E-state index >= 15 is 0 Å². The van der Waals surface area contributed by atoms with Crippen molar-refractivity contribution in [1.29, 1.82) is 0 Å². The maximum Gasteiger partial charge on any atom is 0.227 e. The average Bonchev–Trinajstić information content (AvgIpc) is 2.78. The van der Waals surface area contributed by atoms with Crippen LogP contribution in [0.4, 0.5) is 15.8 Å². The fourth-order valence-corrected chi connectivity index (χ4v) is 3.33. The Hall–Kier alpha value is -2.37. The van der Waals surface area contributed by atoms with Crippen LogP contribution in [0.2, 0.25) is 0 Å². The predicted molar refractivity (Wildman–Crippen MR) is 93.0 cm³/mol. The number of fused-ring (bicyclic) bond motifs is 1. The third kappa shape index (κ3) is 2.88. The van der Waals surface area contributed by atoms with Gasteiger partial charge < -0.3 is 9.80 Å². The van der Waals surface area contributed by atoms with Gasteiger partial charge in [0.05, 0.1) is 17.1 Å². The molecule has 5 nitrogen and oxygen atoms in total. The number of aromatic nitrogens is 2. The van der Waals surface area contributed by atoms with Crippen LogP contribution in [0.25, 0.3) is 0 Å². The monoisotopic (exact) mass is 330 g/mol. The maximum atomic E-state index is 13.5. The summed E-state index contributed by atoms with van der Waals surface area (Å²) >= 11 is 0. The summed E-state index contributed by atoms with van der Waals surface area (Å²) < 4.78 is 15.4. The molecule has 6 heteroatoms. The van der Waals surface area contributed by atoms with E-state index in [4.69, 9.17) is 0 Å². The Morgan fingerprint density at radius 1 is 1.21 bits per heavy atom. The number of rotatable bonds is 3. The van der Waals surface area contributed by atoms with Gasteiger partial charge >= 0.3 is 0 Å². The first-order chi connectivity index (χ1) is 11.4. The summed E-state index contributed by atoms with van der Waals surface area (Å²) in [5.41, 5.74) is 4.77. The molecular weight excluding hydrogens is 307 g/mol. The zero-order valence-electron chi connectivity index (χ0n) is 14.6. The second kappa shape index (κ2) is 6.26. The molecule has 128 valence electrons. The van der Waals surface area contributed by atoms with Crippen LogP contribution in [0, 0.1) is 19.7 Å². The Morgan fingerprint density at radius 2 is 1.96 bits per heavy atom. The number of halogens is 1. The predicted octanol–water partition coefficient (Wildman–Crippen LogP) is 2.59. The van der Waals surface area contributed by atoms with Crippen LogP contribution in [0.15, 0.2) is 18.2 Å². The van der Waals surface area contributed by atoms with Gasteiger partial charge in [0.1, 0.15) is 5.82 Å². The molecule has 1 aromatic heterocycles. The lowest BCUT2D eigenvalue weighted by atomic mass is 10.1. The largest absolute Gasteiger partial charge is 0.371 e. The Balaban J connectivity index is 1.78. The van der Waals surface area contributed by atoms with E-state index < -0.39 is 0 Å². The highest BCUT2D eigenvalue weighted by Gasteiger charge is 2.25. The van der Waals surface area contributed by atoms with Crippen molar-refractivity contribution in [3.8, 4) is 0 Å². The smallest absolute Gasteiger partial charge is 0.227 e. The molecule has 0 saturated heterocycles. The topological polar surface area (TPSA) is 41.4 Å². The summed E-state index contributed by atoms with van der Waals surface area (Å²) in [4.78, 5) is 16.5. The van der Waals surface area contributed by atoms with E-state index in [9.17, 15) is 9.18 Å². The molecule has 0 aliphatic carbocycles. The van der Waals surface area contributed by atoms with E-state index in [-0.39, 0.29) is 11.7 Å². The zero-order valence-corrected chi connectivity index (χ0v) is 14.6. The molecule has 0 N–H and O–H groups in total. The summed E-state index contributed by atoms with van der Waals surface area (Å²) in [6.07, 6.45) is 1.10. The van der Waals surface area contributed by atoms with E-state index in [1.807, 2.05) is 37.5 Å². The van der Waals surface area contributed by atoms with Gasteiger partial charge in [-0.3, -0.25) is 9.48 Å². The third-order valence-corrected chi connectivity index (χ3v) is 4.85. The van der Waals surface area contributed by atoms with Crippen LogP contribution in [-0.2, 0) is 18.3 Å². The van der Waals surface area contributed by atoms with Crippen molar-refractivity contribution in [3.63, 3.8) is 0 Å². The summed E-state index contributed by atoms with van der Waals surface area (Å²) in [6.45, 7) is 5.32. The summed E-state index contributed by atoms with van der Waals surface area (Å²) in [5.74, 6) is -0.213. The highest BCUT2D eigenvalue weighted by molar-refractivity contribution is 5.98. The number of benzene rings is 1. The number of carbonyl (C=O) groups is 1. The van der Waals surface area contributed by atoms with Crippen LogP contribution < -0.4 is 9.80 Å². The van der Waals surface area contributed by atoms with E-state index in [1.54, 1.807) is 11.0 Å². The Morgan fingerprint density at radius 3 is 2.62 bits per heavy atom. The lowest BCUT2D eigenvalue weighted by molar-refractivity contribution is -0.118. The van der Waals surface area contributed by atoms with Crippen molar-refractivity contribution >= 4 is 17.3 Å². The van der Waals surface area contributed by atoms with Gasteiger partial charge in [0.15, 0.2) is 0 Å². The number of hydrogen-bond acceptors (Lipinski definition) is 3. The van der Waals surface area contributed by atoms with Crippen molar-refractivity contribution < 1.29 is 9.18 Å². The molecule has 0 bridgehead atoms. The number of anilines is 2. The number of carbonyl (C=O) groups excluding carboxylic acids is 1. The van der Waals surface area contributed by atoms with E-state index in [0.717, 1.165) is 28.3 Å². The Labute approximate surface area is 141 Å². The van der Waals surface area contributed by atoms with Gasteiger partial charge in [-0.2, -0.15) is 5.10 Å². The number of likely N-dealkylation sites (N-methyl/N-ethyl adjacent to an activating group) is 1. The molecule has 0 fully saturated rings. The van der Waals surface area contributed by atoms with Crippen molar-refractivity contribution in [3.05, 3.63) is 41.0 Å². The summed E-state index contributed by atoms with van der Waals surface area (Å²) in [7, 11) is 3.83. The van der Waals surface area contributed by atoms with Crippen LogP contribution in [0.3, 0.4) is 0 Å². The second-order valence-electron chi connectivity index (χ2n) is 6.37. The molecule has 1 amide bonds. The molecule has 0 spiro atoms. The second-order valence-corrected chi connectivity index (χ2v) is 6.37. The Kier molecular flexibility index (Phi) is 4.30. The molecule has 0 atom stereocenters. The van der Waals surface area contributed by atoms with Crippen molar-refractivity contribution in [1.82, 2.24) is 9.78 Å². The van der Waals surface area contributed by atoms with E-state index in [0.29, 0.717) is 25.9 Å². The van der Waals surface area contributed by atoms with Crippen LogP contribution in [0.5, 0.6) is 0 Å². The molecule has 1 aliphatic heterocycles. The van der Waals surface area contributed by atoms with Gasteiger partial charge in [-0.1, -0.05) is 0 Å². The van der Waals surface area contributed by atoms with Crippen LogP contribution in [-0.4, -0.2) is 35.8 Å². The molecule has 0 unspecified atom stereocenters. The number of nitrogens with zero attached hydrogens (tertiary/aromatic N) is 4. The first-order valence-corrected chi connectivity index (χ1v) is 8.18. The highest BCUT2D eigenvalue weighted by atomic mass is 19.1. The van der Waals surface area contributed by atoms with E-state index in [2.05, 4.69) is 5.10 Å². The minimum absolute atomic E-state index is 0.0682. The van der Waals surface area contributed by atoms with Gasteiger partial charge in [-0.25, -0.2) is 4.39 Å². The minimum Gasteiger partial charge on any atom is -0.371 e. The van der Waals surface area contributed by atoms with Crippen LogP contribution >= 0.6 is 0 Å². The zero-order chi connectivity index (χ0) is 17.4. The fourth-order valence-electron chi connectivity index (χ4n) is 3.33. The molecule has 24 heavy (non-hydrogen) atoms. The average molecular weight is 330 g/mol. The van der Waals surface area contributed by atoms with E-state index in [1.165, 1.54) is 12.1 Å². The number of hydrogen-bond donors (Lipinski definition) is 0. The quantitative estimate of drug-likeness (QED) is 0.869. The molecule has 1 aromatic carbocycles. The summed E-state index contributed by atoms with van der Waals surface area (Å²) in [5, 5.41) is 4.40. The molecule has 2 aromatic rings. The van der Waals surface area contributed by atoms with Crippen LogP contribution in [0.1, 0.15) is 23.4 Å². The van der Waals surface area contributed by atoms with Gasteiger partial charge in [0.2, 0.25) is 5.91 Å². The normalized spacial score (nSPS) is 14.0. The van der Waals surface area contributed by atoms with Gasteiger partial charge in [0.25, 0.3) is 0 Å². The first-order valence-electron chi connectivity index (χ1n) is 8.18. The SMILES string of the molecule is Cc1nn(C)c(C)c1CCC(=O)N1CCN(C)c2cc(F)ccc21. The molecule has 2 heterocycles. The maximum absolute atomic E-state index is 13.5. The number of aryl methyl sites for hydroxylation is 2. The highest BCUT2D eigenvalue weighted by Crippen LogP contribution is 2.33.